The molecule has 2 aromatic rings. The molecule has 0 radical (unpaired) electrons. The molecule has 2 rings (SSSR count). The lowest BCUT2D eigenvalue weighted by atomic mass is 10.0. The van der Waals surface area contributed by atoms with E-state index >= 15 is 0 Å². The Bertz CT molecular complexity index is 585. The fourth-order valence-electron chi connectivity index (χ4n) is 2.08. The average molecular weight is 240 g/mol. The van der Waals surface area contributed by atoms with Crippen molar-refractivity contribution in [2.75, 3.05) is 0 Å². The molecular formula is C15H16N2O. The first-order chi connectivity index (χ1) is 8.76. The highest BCUT2D eigenvalue weighted by molar-refractivity contribution is 5.89. The summed E-state index contributed by atoms with van der Waals surface area (Å²) in [5.41, 5.74) is 2.01. The van der Waals surface area contributed by atoms with Gasteiger partial charge in [0.25, 0.3) is 0 Å². The van der Waals surface area contributed by atoms with Crippen LogP contribution in [-0.2, 0) is 0 Å². The maximum Gasteiger partial charge on any atom is 0.113 e. The molecule has 1 aromatic heterocycles. The molecule has 3 nitrogen and oxygen atoms in total. The van der Waals surface area contributed by atoms with Gasteiger partial charge in [0, 0.05) is 23.3 Å². The Morgan fingerprint density at radius 3 is 2.89 bits per heavy atom. The average Bonchev–Trinajstić information content (AvgIpc) is 2.40. The Morgan fingerprint density at radius 1 is 1.39 bits per heavy atom. The monoisotopic (exact) mass is 240 g/mol. The van der Waals surface area contributed by atoms with E-state index in [4.69, 9.17) is 0 Å². The van der Waals surface area contributed by atoms with Crippen LogP contribution in [0.5, 0.6) is 0 Å². The van der Waals surface area contributed by atoms with Crippen molar-refractivity contribution in [3.8, 4) is 0 Å². The number of hydrogen-bond donors (Lipinski definition) is 0. The Balaban J connectivity index is 2.48. The molecule has 0 saturated carbocycles. The number of rotatable bonds is 4. The molecule has 0 aliphatic carbocycles. The minimum atomic E-state index is -0.246. The minimum Gasteiger partial charge on any atom is -0.263 e. The van der Waals surface area contributed by atoms with E-state index in [2.05, 4.69) is 16.2 Å². The van der Waals surface area contributed by atoms with Crippen molar-refractivity contribution in [2.45, 2.75) is 26.3 Å². The van der Waals surface area contributed by atoms with Gasteiger partial charge < -0.3 is 0 Å². The highest BCUT2D eigenvalue weighted by atomic mass is 16.3. The van der Waals surface area contributed by atoms with Gasteiger partial charge in [-0.3, -0.25) is 4.98 Å². The summed E-state index contributed by atoms with van der Waals surface area (Å²) in [4.78, 5) is 14.9. The lowest BCUT2D eigenvalue weighted by molar-refractivity contribution is 0.740. The van der Waals surface area contributed by atoms with Crippen molar-refractivity contribution in [1.82, 2.24) is 4.98 Å². The molecule has 0 fully saturated rings. The zero-order chi connectivity index (χ0) is 13.0. The first kappa shape index (κ1) is 12.4. The van der Waals surface area contributed by atoms with E-state index in [0.717, 1.165) is 28.3 Å². The normalized spacial score (nSPS) is 13.6. The second-order valence-corrected chi connectivity index (χ2v) is 4.37. The molecule has 0 bridgehead atoms. The highest BCUT2D eigenvalue weighted by Gasteiger charge is 2.08. The molecule has 1 atom stereocenters. The molecule has 92 valence electrons. The quantitative estimate of drug-likeness (QED) is 0.752. The van der Waals surface area contributed by atoms with Crippen molar-refractivity contribution in [3.05, 3.63) is 52.7 Å². The van der Waals surface area contributed by atoms with Crippen LogP contribution in [0.15, 0.2) is 47.4 Å². The zero-order valence-electron chi connectivity index (χ0n) is 10.6. The van der Waals surface area contributed by atoms with E-state index in [1.54, 1.807) is 0 Å². The first-order valence-corrected chi connectivity index (χ1v) is 6.09. The maximum absolute atomic E-state index is 10.7. The maximum atomic E-state index is 10.7. The molecule has 0 spiro atoms. The van der Waals surface area contributed by atoms with Gasteiger partial charge in [0.1, 0.15) is 6.04 Å². The van der Waals surface area contributed by atoms with Crippen LogP contribution in [0.2, 0.25) is 0 Å². The molecule has 1 heterocycles. The SMILES string of the molecule is CCC(N=O)/C(C)=C/c1cncc2ccccc12. The van der Waals surface area contributed by atoms with E-state index < -0.39 is 0 Å². The number of pyridine rings is 1. The Labute approximate surface area is 107 Å². The Morgan fingerprint density at radius 2 is 2.17 bits per heavy atom. The van der Waals surface area contributed by atoms with Crippen LogP contribution in [0.4, 0.5) is 0 Å². The number of fused-ring (bicyclic) bond motifs is 1. The lowest BCUT2D eigenvalue weighted by Crippen LogP contribution is -2.02. The smallest absolute Gasteiger partial charge is 0.113 e. The van der Waals surface area contributed by atoms with E-state index in [-0.39, 0.29) is 6.04 Å². The van der Waals surface area contributed by atoms with Gasteiger partial charge in [0.15, 0.2) is 0 Å². The fourth-order valence-corrected chi connectivity index (χ4v) is 2.08. The molecular weight excluding hydrogens is 224 g/mol. The third-order valence-electron chi connectivity index (χ3n) is 3.12. The van der Waals surface area contributed by atoms with E-state index in [1.165, 1.54) is 0 Å². The summed E-state index contributed by atoms with van der Waals surface area (Å²) in [6.45, 7) is 3.90. The third kappa shape index (κ3) is 2.45. The topological polar surface area (TPSA) is 42.3 Å². The van der Waals surface area contributed by atoms with Gasteiger partial charge in [-0.1, -0.05) is 42.4 Å². The van der Waals surface area contributed by atoms with Gasteiger partial charge in [-0.15, -0.1) is 0 Å². The van der Waals surface area contributed by atoms with Gasteiger partial charge >= 0.3 is 0 Å². The number of nitroso groups, excluding NO2 is 1. The van der Waals surface area contributed by atoms with Crippen LogP contribution in [0, 0.1) is 4.91 Å². The van der Waals surface area contributed by atoms with Crippen molar-refractivity contribution in [3.63, 3.8) is 0 Å². The molecule has 1 unspecified atom stereocenters. The van der Waals surface area contributed by atoms with Crippen molar-refractivity contribution in [2.24, 2.45) is 5.18 Å². The van der Waals surface area contributed by atoms with Crippen LogP contribution in [-0.4, -0.2) is 11.0 Å². The predicted octanol–water partition coefficient (Wildman–Crippen LogP) is 4.18. The van der Waals surface area contributed by atoms with Gasteiger partial charge in [0.05, 0.1) is 0 Å². The highest BCUT2D eigenvalue weighted by Crippen LogP contribution is 2.21. The number of hydrogen-bond acceptors (Lipinski definition) is 3. The summed E-state index contributed by atoms with van der Waals surface area (Å²) in [5, 5.41) is 5.39. The molecule has 0 aliphatic heterocycles. The number of benzene rings is 1. The standard InChI is InChI=1S/C15H16N2O/c1-3-15(17-18)11(2)8-13-10-16-9-12-6-4-5-7-14(12)13/h4-10,15H,3H2,1-2H3/b11-8+. The van der Waals surface area contributed by atoms with Gasteiger partial charge in [0.2, 0.25) is 0 Å². The van der Waals surface area contributed by atoms with Crippen LogP contribution in [0.25, 0.3) is 16.8 Å². The number of nitrogens with zero attached hydrogens (tertiary/aromatic N) is 2. The molecule has 0 amide bonds. The first-order valence-electron chi connectivity index (χ1n) is 6.09. The summed E-state index contributed by atoms with van der Waals surface area (Å²) < 4.78 is 0. The fraction of sp³-hybridized carbons (Fsp3) is 0.267. The van der Waals surface area contributed by atoms with E-state index in [9.17, 15) is 4.91 Å². The van der Waals surface area contributed by atoms with E-state index in [1.807, 2.05) is 50.5 Å². The molecule has 1 aromatic carbocycles. The van der Waals surface area contributed by atoms with Crippen LogP contribution in [0.1, 0.15) is 25.8 Å². The predicted molar refractivity (Wildman–Crippen MR) is 75.3 cm³/mol. The summed E-state index contributed by atoms with van der Waals surface area (Å²) in [6, 6.07) is 7.84. The summed E-state index contributed by atoms with van der Waals surface area (Å²) in [7, 11) is 0. The van der Waals surface area contributed by atoms with E-state index in [0.29, 0.717) is 0 Å². The van der Waals surface area contributed by atoms with Crippen molar-refractivity contribution < 1.29 is 0 Å². The van der Waals surface area contributed by atoms with Crippen molar-refractivity contribution in [1.29, 1.82) is 0 Å². The molecule has 0 saturated heterocycles. The summed E-state index contributed by atoms with van der Waals surface area (Å²) in [5.74, 6) is 0. The van der Waals surface area contributed by atoms with Crippen LogP contribution >= 0.6 is 0 Å². The van der Waals surface area contributed by atoms with Crippen LogP contribution in [0.3, 0.4) is 0 Å². The second-order valence-electron chi connectivity index (χ2n) is 4.37. The zero-order valence-corrected chi connectivity index (χ0v) is 10.6. The lowest BCUT2D eigenvalue weighted by Gasteiger charge is -2.07. The van der Waals surface area contributed by atoms with Crippen molar-refractivity contribution >= 4 is 16.8 Å². The summed E-state index contributed by atoms with van der Waals surface area (Å²) >= 11 is 0. The van der Waals surface area contributed by atoms with Gasteiger partial charge in [-0.25, -0.2) is 0 Å². The second kappa shape index (κ2) is 5.54. The largest absolute Gasteiger partial charge is 0.263 e. The summed E-state index contributed by atoms with van der Waals surface area (Å²) in [6.07, 6.45) is 6.40. The third-order valence-corrected chi connectivity index (χ3v) is 3.12. The Hall–Kier alpha value is -2.03. The molecule has 18 heavy (non-hydrogen) atoms. The molecule has 3 heteroatoms. The number of aromatic nitrogens is 1. The van der Waals surface area contributed by atoms with Gasteiger partial charge in [-0.2, -0.15) is 4.91 Å². The minimum absolute atomic E-state index is 0.246. The molecule has 0 N–H and O–H groups in total. The van der Waals surface area contributed by atoms with Crippen LogP contribution < -0.4 is 0 Å². The van der Waals surface area contributed by atoms with Gasteiger partial charge in [-0.05, 0) is 24.3 Å². The Kier molecular flexibility index (Phi) is 3.82. The molecule has 0 aliphatic rings.